The summed E-state index contributed by atoms with van der Waals surface area (Å²) in [6, 6.07) is 6.94. The van der Waals surface area contributed by atoms with E-state index in [2.05, 4.69) is 12.2 Å². The molecule has 1 aliphatic heterocycles. The first-order valence-corrected chi connectivity index (χ1v) is 10.4. The summed E-state index contributed by atoms with van der Waals surface area (Å²) in [4.78, 5) is 14.8. The number of sulfone groups is 1. The highest BCUT2D eigenvalue weighted by atomic mass is 32.2. The van der Waals surface area contributed by atoms with Crippen molar-refractivity contribution in [1.29, 1.82) is 0 Å². The van der Waals surface area contributed by atoms with Crippen LogP contribution in [0.5, 0.6) is 0 Å². The van der Waals surface area contributed by atoms with Crippen molar-refractivity contribution in [2.24, 2.45) is 11.8 Å². The maximum absolute atomic E-state index is 12.4. The van der Waals surface area contributed by atoms with E-state index in [1.165, 1.54) is 0 Å². The lowest BCUT2D eigenvalue weighted by Gasteiger charge is -2.17. The Balaban J connectivity index is 1.53. The highest BCUT2D eigenvalue weighted by molar-refractivity contribution is 7.91. The van der Waals surface area contributed by atoms with Crippen molar-refractivity contribution >= 4 is 15.7 Å². The minimum atomic E-state index is -3.15. The maximum atomic E-state index is 12.4. The van der Waals surface area contributed by atoms with Gasteiger partial charge in [0.15, 0.2) is 9.84 Å². The number of allylic oxidation sites excluding steroid dienone is 2. The van der Waals surface area contributed by atoms with Crippen LogP contribution in [0, 0.1) is 11.8 Å². The van der Waals surface area contributed by atoms with Gasteiger partial charge < -0.3 is 4.90 Å². The second-order valence-electron chi connectivity index (χ2n) is 6.81. The Morgan fingerprint density at radius 3 is 2.21 bits per heavy atom. The van der Waals surface area contributed by atoms with Crippen LogP contribution in [0.4, 0.5) is 0 Å². The summed E-state index contributed by atoms with van der Waals surface area (Å²) in [7, 11) is -3.15. The van der Waals surface area contributed by atoms with Crippen molar-refractivity contribution < 1.29 is 13.2 Å². The van der Waals surface area contributed by atoms with Crippen molar-refractivity contribution in [1.82, 2.24) is 4.90 Å². The van der Waals surface area contributed by atoms with E-state index in [1.54, 1.807) is 19.1 Å². The summed E-state index contributed by atoms with van der Waals surface area (Å²) in [5.74, 6) is 1.60. The molecule has 2 atom stereocenters. The van der Waals surface area contributed by atoms with Gasteiger partial charge >= 0.3 is 0 Å². The zero-order valence-electron chi connectivity index (χ0n) is 14.1. The minimum Gasteiger partial charge on any atom is -0.342 e. The zero-order valence-corrected chi connectivity index (χ0v) is 15.0. The van der Waals surface area contributed by atoms with Crippen molar-refractivity contribution in [2.45, 2.75) is 37.5 Å². The number of aryl methyl sites for hydroxylation is 1. The number of nitrogens with zero attached hydrogens (tertiary/aromatic N) is 1. The van der Waals surface area contributed by atoms with Crippen LogP contribution >= 0.6 is 0 Å². The van der Waals surface area contributed by atoms with Crippen LogP contribution in [-0.4, -0.2) is 38.1 Å². The number of carbonyl (C=O) groups is 1. The fourth-order valence-electron chi connectivity index (χ4n) is 3.66. The van der Waals surface area contributed by atoms with Crippen molar-refractivity contribution in [2.75, 3.05) is 18.8 Å². The lowest BCUT2D eigenvalue weighted by atomic mass is 9.86. The Kier molecular flexibility index (Phi) is 5.09. The fourth-order valence-corrected chi connectivity index (χ4v) is 4.54. The van der Waals surface area contributed by atoms with E-state index in [4.69, 9.17) is 0 Å². The normalized spacial score (nSPS) is 23.3. The van der Waals surface area contributed by atoms with Crippen molar-refractivity contribution in [3.63, 3.8) is 0 Å². The summed E-state index contributed by atoms with van der Waals surface area (Å²) >= 11 is 0. The molecule has 0 N–H and O–H groups in total. The average molecular weight is 347 g/mol. The predicted molar refractivity (Wildman–Crippen MR) is 94.4 cm³/mol. The first kappa shape index (κ1) is 17.2. The van der Waals surface area contributed by atoms with Crippen molar-refractivity contribution in [3.05, 3.63) is 42.0 Å². The summed E-state index contributed by atoms with van der Waals surface area (Å²) in [5.41, 5.74) is 1.01. The summed E-state index contributed by atoms with van der Waals surface area (Å²) in [5, 5.41) is 0. The number of fused-ring (bicyclic) bond motifs is 1. The van der Waals surface area contributed by atoms with Crippen molar-refractivity contribution in [3.8, 4) is 0 Å². The second kappa shape index (κ2) is 7.09. The molecule has 1 aromatic carbocycles. The quantitative estimate of drug-likeness (QED) is 0.770. The third-order valence-electron chi connectivity index (χ3n) is 5.26. The van der Waals surface area contributed by atoms with Gasteiger partial charge in [0.1, 0.15) is 0 Å². The predicted octanol–water partition coefficient (Wildman–Crippen LogP) is 2.84. The fraction of sp³-hybridized carbons (Fsp3) is 0.526. The SMILES string of the molecule is CCS(=O)(=O)c1ccc(CCC(=O)N2C[C@@H]3CC=CC[C@H]3C2)cc1. The third kappa shape index (κ3) is 3.72. The van der Waals surface area contributed by atoms with Gasteiger partial charge in [-0.2, -0.15) is 0 Å². The molecule has 2 aliphatic rings. The molecular formula is C19H25NO3S. The molecule has 0 spiro atoms. The van der Waals surface area contributed by atoms with Crippen LogP contribution in [0.3, 0.4) is 0 Å². The Morgan fingerprint density at radius 2 is 1.67 bits per heavy atom. The smallest absolute Gasteiger partial charge is 0.222 e. The van der Waals surface area contributed by atoms with Crippen LogP contribution in [0.2, 0.25) is 0 Å². The van der Waals surface area contributed by atoms with E-state index in [0.29, 0.717) is 29.6 Å². The Labute approximate surface area is 144 Å². The molecule has 1 fully saturated rings. The van der Waals surface area contributed by atoms with E-state index in [-0.39, 0.29) is 11.7 Å². The second-order valence-corrected chi connectivity index (χ2v) is 9.09. The number of hydrogen-bond donors (Lipinski definition) is 0. The monoisotopic (exact) mass is 347 g/mol. The molecule has 0 aromatic heterocycles. The number of likely N-dealkylation sites (tertiary alicyclic amines) is 1. The molecule has 3 rings (SSSR count). The van der Waals surface area contributed by atoms with Crippen LogP contribution < -0.4 is 0 Å². The topological polar surface area (TPSA) is 54.5 Å². The molecule has 1 aliphatic carbocycles. The van der Waals surface area contributed by atoms with Gasteiger partial charge in [-0.15, -0.1) is 0 Å². The van der Waals surface area contributed by atoms with Gasteiger partial charge in [0.2, 0.25) is 5.91 Å². The Hall–Kier alpha value is -1.62. The van der Waals surface area contributed by atoms with Crippen LogP contribution in [0.1, 0.15) is 31.7 Å². The molecule has 130 valence electrons. The minimum absolute atomic E-state index is 0.108. The van der Waals surface area contributed by atoms with Gasteiger partial charge in [-0.25, -0.2) is 8.42 Å². The summed E-state index contributed by atoms with van der Waals surface area (Å²) in [6.07, 6.45) is 7.83. The molecular weight excluding hydrogens is 322 g/mol. The van der Waals surface area contributed by atoms with Gasteiger partial charge in [-0.1, -0.05) is 31.2 Å². The summed E-state index contributed by atoms with van der Waals surface area (Å²) < 4.78 is 23.6. The van der Waals surface area contributed by atoms with E-state index >= 15 is 0 Å². The van der Waals surface area contributed by atoms with E-state index in [0.717, 1.165) is 31.5 Å². The van der Waals surface area contributed by atoms with Crippen LogP contribution in [0.15, 0.2) is 41.3 Å². The lowest BCUT2D eigenvalue weighted by Crippen LogP contribution is -2.29. The number of benzene rings is 1. The molecule has 24 heavy (non-hydrogen) atoms. The molecule has 4 nitrogen and oxygen atoms in total. The maximum Gasteiger partial charge on any atom is 0.222 e. The molecule has 1 saturated heterocycles. The third-order valence-corrected chi connectivity index (χ3v) is 7.01. The first-order chi connectivity index (χ1) is 11.5. The van der Waals surface area contributed by atoms with Gasteiger partial charge in [0, 0.05) is 19.5 Å². The molecule has 0 bridgehead atoms. The van der Waals surface area contributed by atoms with E-state index < -0.39 is 9.84 Å². The van der Waals surface area contributed by atoms with Gasteiger partial charge in [-0.05, 0) is 48.8 Å². The molecule has 1 amide bonds. The van der Waals surface area contributed by atoms with Gasteiger partial charge in [0.05, 0.1) is 10.6 Å². The zero-order chi connectivity index (χ0) is 17.2. The van der Waals surface area contributed by atoms with E-state index in [9.17, 15) is 13.2 Å². The first-order valence-electron chi connectivity index (χ1n) is 8.74. The van der Waals surface area contributed by atoms with Gasteiger partial charge in [0.25, 0.3) is 0 Å². The standard InChI is InChI=1S/C19H25NO3S/c1-2-24(22,23)18-10-7-15(8-11-18)9-12-19(21)20-13-16-5-3-4-6-17(16)14-20/h3-4,7-8,10-11,16-17H,2,5-6,9,12-14H2,1H3/t16-,17-/m0/s1. The average Bonchev–Trinajstić information content (AvgIpc) is 3.04. The Morgan fingerprint density at radius 1 is 1.08 bits per heavy atom. The molecule has 0 saturated carbocycles. The number of amides is 1. The van der Waals surface area contributed by atoms with Gasteiger partial charge in [-0.3, -0.25) is 4.79 Å². The highest BCUT2D eigenvalue weighted by Gasteiger charge is 2.34. The molecule has 0 radical (unpaired) electrons. The molecule has 5 heteroatoms. The summed E-state index contributed by atoms with van der Waals surface area (Å²) in [6.45, 7) is 3.42. The largest absolute Gasteiger partial charge is 0.342 e. The molecule has 0 unspecified atom stereocenters. The molecule has 1 heterocycles. The number of rotatable bonds is 5. The van der Waals surface area contributed by atoms with E-state index in [1.807, 2.05) is 17.0 Å². The Bertz CT molecular complexity index is 705. The van der Waals surface area contributed by atoms with Crippen LogP contribution in [-0.2, 0) is 21.1 Å². The highest BCUT2D eigenvalue weighted by Crippen LogP contribution is 2.33. The number of carbonyl (C=O) groups excluding carboxylic acids is 1. The lowest BCUT2D eigenvalue weighted by molar-refractivity contribution is -0.130. The molecule has 1 aromatic rings. The number of hydrogen-bond acceptors (Lipinski definition) is 3. The van der Waals surface area contributed by atoms with Crippen LogP contribution in [0.25, 0.3) is 0 Å².